The van der Waals surface area contributed by atoms with Gasteiger partial charge in [-0.2, -0.15) is 5.26 Å². The lowest BCUT2D eigenvalue weighted by atomic mass is 10.0. The normalized spacial score (nSPS) is 10.2. The molecule has 124 valence electrons. The van der Waals surface area contributed by atoms with Crippen molar-refractivity contribution >= 4 is 15.9 Å². The average molecular weight is 392 g/mol. The highest BCUT2D eigenvalue weighted by Crippen LogP contribution is 2.23. The van der Waals surface area contributed by atoms with Crippen LogP contribution >= 0.6 is 15.9 Å². The Morgan fingerprint density at radius 2 is 1.60 bits per heavy atom. The van der Waals surface area contributed by atoms with E-state index in [0.717, 1.165) is 17.7 Å². The zero-order valence-corrected chi connectivity index (χ0v) is 15.4. The molecule has 0 atom stereocenters. The molecular formula is C22H18BrNO. The summed E-state index contributed by atoms with van der Waals surface area (Å²) in [5.74, 6) is 0.775. The largest absolute Gasteiger partial charge is 0.493 e. The predicted molar refractivity (Wildman–Crippen MR) is 105 cm³/mol. The minimum Gasteiger partial charge on any atom is -0.493 e. The van der Waals surface area contributed by atoms with Gasteiger partial charge >= 0.3 is 0 Å². The van der Waals surface area contributed by atoms with E-state index >= 15 is 0 Å². The summed E-state index contributed by atoms with van der Waals surface area (Å²) in [7, 11) is 0. The number of ether oxygens (including phenoxy) is 1. The van der Waals surface area contributed by atoms with E-state index in [2.05, 4.69) is 58.4 Å². The summed E-state index contributed by atoms with van der Waals surface area (Å²) in [6.45, 7) is 0.583. The van der Waals surface area contributed by atoms with Crippen molar-refractivity contribution in [1.29, 1.82) is 5.26 Å². The molecule has 3 heteroatoms. The molecule has 0 spiro atoms. The Balaban J connectivity index is 1.62. The van der Waals surface area contributed by atoms with Crippen molar-refractivity contribution in [1.82, 2.24) is 0 Å². The van der Waals surface area contributed by atoms with Gasteiger partial charge < -0.3 is 4.74 Å². The molecule has 0 aromatic heterocycles. The summed E-state index contributed by atoms with van der Waals surface area (Å²) in [5.41, 5.74) is 5.34. The maximum absolute atomic E-state index is 9.03. The van der Waals surface area contributed by atoms with E-state index in [1.54, 1.807) is 6.07 Å². The third-order valence-corrected chi connectivity index (χ3v) is 4.65. The first kappa shape index (κ1) is 17.3. The molecule has 0 radical (unpaired) electrons. The highest BCUT2D eigenvalue weighted by atomic mass is 79.9. The molecule has 3 rings (SSSR count). The molecule has 0 fully saturated rings. The van der Waals surface area contributed by atoms with Crippen LogP contribution in [0, 0.1) is 11.3 Å². The molecule has 2 nitrogen and oxygen atoms in total. The summed E-state index contributed by atoms with van der Waals surface area (Å²) in [6, 6.07) is 26.6. The maximum atomic E-state index is 9.03. The van der Waals surface area contributed by atoms with Crippen LogP contribution in [0.1, 0.15) is 16.7 Å². The molecule has 0 aliphatic carbocycles. The van der Waals surface area contributed by atoms with Crippen molar-refractivity contribution in [2.24, 2.45) is 0 Å². The van der Waals surface area contributed by atoms with E-state index < -0.39 is 0 Å². The maximum Gasteiger partial charge on any atom is 0.124 e. The second-order valence-corrected chi connectivity index (χ2v) is 6.29. The van der Waals surface area contributed by atoms with Gasteiger partial charge in [0.1, 0.15) is 5.75 Å². The second kappa shape index (κ2) is 8.50. The summed E-state index contributed by atoms with van der Waals surface area (Å²) in [4.78, 5) is 0. The van der Waals surface area contributed by atoms with E-state index in [0.29, 0.717) is 17.5 Å². The summed E-state index contributed by atoms with van der Waals surface area (Å²) < 4.78 is 5.91. The van der Waals surface area contributed by atoms with Crippen molar-refractivity contribution in [2.45, 2.75) is 11.8 Å². The van der Waals surface area contributed by atoms with Crippen LogP contribution in [0.4, 0.5) is 0 Å². The lowest BCUT2D eigenvalue weighted by Crippen LogP contribution is -2.03. The molecule has 0 saturated heterocycles. The summed E-state index contributed by atoms with van der Waals surface area (Å²) in [6.07, 6.45) is 0.827. The van der Waals surface area contributed by atoms with Crippen LogP contribution in [-0.4, -0.2) is 6.61 Å². The minimum absolute atomic E-state index is 0.583. The Morgan fingerprint density at radius 1 is 0.880 bits per heavy atom. The lowest BCUT2D eigenvalue weighted by molar-refractivity contribution is 0.319. The lowest BCUT2D eigenvalue weighted by Gasteiger charge is -2.11. The number of rotatable bonds is 6. The molecule has 25 heavy (non-hydrogen) atoms. The molecule has 3 aromatic rings. The monoisotopic (exact) mass is 391 g/mol. The van der Waals surface area contributed by atoms with Gasteiger partial charge in [0, 0.05) is 17.3 Å². The molecule has 0 heterocycles. The molecule has 0 saturated carbocycles. The van der Waals surface area contributed by atoms with E-state index in [1.165, 1.54) is 16.7 Å². The molecule has 3 aromatic carbocycles. The number of alkyl halides is 1. The Kier molecular flexibility index (Phi) is 5.87. The standard InChI is InChI=1S/C22H18BrNO/c23-15-21-11-8-18(16-24)14-22(21)25-13-12-17-6-9-20(10-7-17)19-4-2-1-3-5-19/h1-11,14H,12-13,15H2. The highest BCUT2D eigenvalue weighted by Gasteiger charge is 2.05. The van der Waals surface area contributed by atoms with E-state index in [-0.39, 0.29) is 0 Å². The van der Waals surface area contributed by atoms with Gasteiger partial charge in [0.2, 0.25) is 0 Å². The van der Waals surface area contributed by atoms with Gasteiger partial charge in [-0.25, -0.2) is 0 Å². The van der Waals surface area contributed by atoms with Crippen molar-refractivity contribution in [2.75, 3.05) is 6.61 Å². The van der Waals surface area contributed by atoms with Crippen LogP contribution < -0.4 is 4.74 Å². The molecule has 0 aliphatic heterocycles. The van der Waals surface area contributed by atoms with Gasteiger partial charge in [0.25, 0.3) is 0 Å². The Labute approximate surface area is 156 Å². The quantitative estimate of drug-likeness (QED) is 0.501. The third-order valence-electron chi connectivity index (χ3n) is 4.05. The molecule has 0 bridgehead atoms. The van der Waals surface area contributed by atoms with Gasteiger partial charge in [-0.3, -0.25) is 0 Å². The fraction of sp³-hybridized carbons (Fsp3) is 0.136. The summed E-state index contributed by atoms with van der Waals surface area (Å²) >= 11 is 3.46. The van der Waals surface area contributed by atoms with Gasteiger partial charge in [0.15, 0.2) is 0 Å². The van der Waals surface area contributed by atoms with Crippen molar-refractivity contribution in [3.05, 3.63) is 89.5 Å². The fourth-order valence-corrected chi connectivity index (χ4v) is 3.11. The number of hydrogen-bond donors (Lipinski definition) is 0. The zero-order chi connectivity index (χ0) is 17.5. The summed E-state index contributed by atoms with van der Waals surface area (Å²) in [5, 5.41) is 9.74. The number of hydrogen-bond acceptors (Lipinski definition) is 2. The van der Waals surface area contributed by atoms with Crippen molar-refractivity contribution in [3.8, 4) is 22.9 Å². The number of nitriles is 1. The van der Waals surface area contributed by atoms with Gasteiger partial charge in [-0.15, -0.1) is 0 Å². The molecular weight excluding hydrogens is 374 g/mol. The Bertz CT molecular complexity index is 867. The van der Waals surface area contributed by atoms with Gasteiger partial charge in [0.05, 0.1) is 18.2 Å². The zero-order valence-electron chi connectivity index (χ0n) is 13.8. The number of benzene rings is 3. The Morgan fingerprint density at radius 3 is 2.28 bits per heavy atom. The second-order valence-electron chi connectivity index (χ2n) is 5.73. The van der Waals surface area contributed by atoms with Crippen LogP contribution in [0.5, 0.6) is 5.75 Å². The van der Waals surface area contributed by atoms with Crippen molar-refractivity contribution in [3.63, 3.8) is 0 Å². The van der Waals surface area contributed by atoms with E-state index in [1.807, 2.05) is 30.3 Å². The number of halogens is 1. The first-order valence-electron chi connectivity index (χ1n) is 8.16. The van der Waals surface area contributed by atoms with Crippen molar-refractivity contribution < 1.29 is 4.74 Å². The third kappa shape index (κ3) is 4.49. The van der Waals surface area contributed by atoms with Gasteiger partial charge in [-0.1, -0.05) is 76.6 Å². The predicted octanol–water partition coefficient (Wildman–Crippen LogP) is 5.74. The average Bonchev–Trinajstić information content (AvgIpc) is 2.69. The molecule has 0 unspecified atom stereocenters. The van der Waals surface area contributed by atoms with Crippen LogP contribution in [0.3, 0.4) is 0 Å². The van der Waals surface area contributed by atoms with Gasteiger partial charge in [-0.05, 0) is 28.8 Å². The minimum atomic E-state index is 0.583. The van der Waals surface area contributed by atoms with Crippen LogP contribution in [0.15, 0.2) is 72.8 Å². The topological polar surface area (TPSA) is 33.0 Å². The smallest absolute Gasteiger partial charge is 0.124 e. The molecule has 0 amide bonds. The molecule has 0 aliphatic rings. The first-order valence-corrected chi connectivity index (χ1v) is 9.28. The highest BCUT2D eigenvalue weighted by molar-refractivity contribution is 9.08. The van der Waals surface area contributed by atoms with E-state index in [4.69, 9.17) is 10.00 Å². The SMILES string of the molecule is N#Cc1ccc(CBr)c(OCCc2ccc(-c3ccccc3)cc2)c1. The Hall–Kier alpha value is -2.57. The molecule has 0 N–H and O–H groups in total. The first-order chi connectivity index (χ1) is 12.3. The van der Waals surface area contributed by atoms with E-state index in [9.17, 15) is 0 Å². The van der Waals surface area contributed by atoms with Crippen LogP contribution in [0.25, 0.3) is 11.1 Å². The van der Waals surface area contributed by atoms with Crippen LogP contribution in [-0.2, 0) is 11.8 Å². The van der Waals surface area contributed by atoms with Crippen LogP contribution in [0.2, 0.25) is 0 Å². The fourth-order valence-electron chi connectivity index (χ4n) is 2.64. The number of nitrogens with zero attached hydrogens (tertiary/aromatic N) is 1.